The van der Waals surface area contributed by atoms with Crippen LogP contribution in [0.3, 0.4) is 0 Å². The molecule has 0 spiro atoms. The van der Waals surface area contributed by atoms with E-state index in [0.717, 1.165) is 16.6 Å². The van der Waals surface area contributed by atoms with Crippen molar-refractivity contribution >= 4 is 22.9 Å². The van der Waals surface area contributed by atoms with E-state index < -0.39 is 5.60 Å². The van der Waals surface area contributed by atoms with Gasteiger partial charge in [-0.25, -0.2) is 9.78 Å². The molecule has 1 aromatic carbocycles. The lowest BCUT2D eigenvalue weighted by atomic mass is 10.1. The van der Waals surface area contributed by atoms with Crippen LogP contribution >= 0.6 is 0 Å². The summed E-state index contributed by atoms with van der Waals surface area (Å²) in [5, 5.41) is 0. The number of H-pyrrole nitrogens is 1. The monoisotopic (exact) mass is 356 g/mol. The molecule has 3 rings (SSSR count). The molecule has 0 unspecified atom stereocenters. The third-order valence-corrected chi connectivity index (χ3v) is 4.27. The summed E-state index contributed by atoms with van der Waals surface area (Å²) in [4.78, 5) is 33.8. The van der Waals surface area contributed by atoms with E-state index in [1.807, 2.05) is 20.8 Å². The summed E-state index contributed by atoms with van der Waals surface area (Å²) in [6, 6.07) is 4.84. The van der Waals surface area contributed by atoms with Gasteiger partial charge in [0.2, 0.25) is 0 Å². The highest BCUT2D eigenvalue weighted by Gasteiger charge is 2.37. The second kappa shape index (κ2) is 6.57. The van der Waals surface area contributed by atoms with Crippen LogP contribution < -0.4 is 5.73 Å². The maximum Gasteiger partial charge on any atom is 0.411 e. The van der Waals surface area contributed by atoms with Crippen LogP contribution in [0.5, 0.6) is 0 Å². The van der Waals surface area contributed by atoms with E-state index in [9.17, 15) is 9.59 Å². The van der Waals surface area contributed by atoms with Crippen molar-refractivity contribution in [3.05, 3.63) is 41.7 Å². The van der Waals surface area contributed by atoms with Gasteiger partial charge in [0, 0.05) is 12.1 Å². The molecule has 1 fully saturated rings. The summed E-state index contributed by atoms with van der Waals surface area (Å²) in [5.74, 6) is 0.481. The van der Waals surface area contributed by atoms with Crippen LogP contribution in [-0.4, -0.2) is 45.4 Å². The molecule has 7 heteroatoms. The number of hydrogen-bond acceptors (Lipinski definition) is 5. The molecule has 138 valence electrons. The van der Waals surface area contributed by atoms with Gasteiger partial charge in [0.1, 0.15) is 17.5 Å². The van der Waals surface area contributed by atoms with Gasteiger partial charge in [-0.15, -0.1) is 0 Å². The fraction of sp³-hybridized carbons (Fsp3) is 0.421. The highest BCUT2D eigenvalue weighted by molar-refractivity contribution is 6.00. The molecule has 1 aromatic heterocycles. The van der Waals surface area contributed by atoms with Crippen molar-refractivity contribution < 1.29 is 14.3 Å². The first-order chi connectivity index (χ1) is 12.2. The zero-order valence-electron chi connectivity index (χ0n) is 15.3. The SMILES string of the molecule is C=C1CCN(C(=O)OC(C)(C)C)[C@@H]1c1nc2ccc(C(=O)CN)cc2[nH]1. The van der Waals surface area contributed by atoms with Crippen molar-refractivity contribution in [2.24, 2.45) is 5.73 Å². The number of carbonyl (C=O) groups excluding carboxylic acids is 2. The van der Waals surface area contributed by atoms with E-state index in [4.69, 9.17) is 10.5 Å². The van der Waals surface area contributed by atoms with E-state index in [1.165, 1.54) is 0 Å². The zero-order chi connectivity index (χ0) is 19.1. The minimum absolute atomic E-state index is 0.0433. The van der Waals surface area contributed by atoms with Crippen LogP contribution in [0.1, 0.15) is 49.4 Å². The molecule has 1 amide bonds. The van der Waals surface area contributed by atoms with Crippen LogP contribution in [0.4, 0.5) is 4.79 Å². The number of nitrogens with zero attached hydrogens (tertiary/aromatic N) is 2. The number of aromatic amines is 1. The number of rotatable bonds is 3. The lowest BCUT2D eigenvalue weighted by molar-refractivity contribution is 0.0232. The molecule has 1 aliphatic rings. The highest BCUT2D eigenvalue weighted by atomic mass is 16.6. The molecular formula is C19H24N4O3. The molecule has 26 heavy (non-hydrogen) atoms. The van der Waals surface area contributed by atoms with Crippen molar-refractivity contribution in [1.82, 2.24) is 14.9 Å². The molecule has 2 heterocycles. The standard InChI is InChI=1S/C19H24N4O3/c1-11-7-8-23(18(25)26-19(2,3)4)16(11)17-21-13-6-5-12(15(24)10-20)9-14(13)22-17/h5-6,9,16H,1,7-8,10,20H2,2-4H3,(H,21,22)/t16-/m0/s1. The molecule has 1 saturated heterocycles. The van der Waals surface area contributed by atoms with E-state index in [0.29, 0.717) is 24.4 Å². The minimum atomic E-state index is -0.572. The number of aromatic nitrogens is 2. The second-order valence-corrected chi connectivity index (χ2v) is 7.47. The number of amides is 1. The van der Waals surface area contributed by atoms with E-state index in [-0.39, 0.29) is 24.5 Å². The molecule has 0 bridgehead atoms. The topological polar surface area (TPSA) is 101 Å². The number of ketones is 1. The van der Waals surface area contributed by atoms with Gasteiger partial charge < -0.3 is 15.5 Å². The average Bonchev–Trinajstić information content (AvgIpc) is 3.14. The van der Waals surface area contributed by atoms with Gasteiger partial charge in [0.25, 0.3) is 0 Å². The zero-order valence-corrected chi connectivity index (χ0v) is 15.3. The number of fused-ring (bicyclic) bond motifs is 1. The number of ether oxygens (including phenoxy) is 1. The Morgan fingerprint density at radius 1 is 1.42 bits per heavy atom. The van der Waals surface area contributed by atoms with Gasteiger partial charge in [-0.05, 0) is 51.0 Å². The average molecular weight is 356 g/mol. The van der Waals surface area contributed by atoms with Crippen molar-refractivity contribution in [3.63, 3.8) is 0 Å². The molecule has 2 aromatic rings. The van der Waals surface area contributed by atoms with E-state index >= 15 is 0 Å². The molecule has 1 atom stereocenters. The van der Waals surface area contributed by atoms with Gasteiger partial charge in [0.15, 0.2) is 5.78 Å². The van der Waals surface area contributed by atoms with E-state index in [1.54, 1.807) is 23.1 Å². The Balaban J connectivity index is 1.93. The number of benzene rings is 1. The Morgan fingerprint density at radius 3 is 2.81 bits per heavy atom. The van der Waals surface area contributed by atoms with Crippen LogP contribution in [0, 0.1) is 0 Å². The molecule has 0 saturated carbocycles. The summed E-state index contributed by atoms with van der Waals surface area (Å²) >= 11 is 0. The van der Waals surface area contributed by atoms with Gasteiger partial charge in [-0.2, -0.15) is 0 Å². The number of hydrogen-bond donors (Lipinski definition) is 2. The minimum Gasteiger partial charge on any atom is -0.444 e. The van der Waals surface area contributed by atoms with Crippen molar-refractivity contribution in [3.8, 4) is 0 Å². The third-order valence-electron chi connectivity index (χ3n) is 4.27. The van der Waals surface area contributed by atoms with Gasteiger partial charge >= 0.3 is 6.09 Å². The first-order valence-corrected chi connectivity index (χ1v) is 8.60. The Bertz CT molecular complexity index is 879. The predicted octanol–water partition coefficient (Wildman–Crippen LogP) is 2.94. The lowest BCUT2D eigenvalue weighted by Crippen LogP contribution is -2.36. The molecule has 3 N–H and O–H groups in total. The Kier molecular flexibility index (Phi) is 4.58. The van der Waals surface area contributed by atoms with Crippen LogP contribution in [0.2, 0.25) is 0 Å². The maximum atomic E-state index is 12.6. The van der Waals surface area contributed by atoms with Gasteiger partial charge in [-0.3, -0.25) is 9.69 Å². The Labute approximate surface area is 152 Å². The molecular weight excluding hydrogens is 332 g/mol. The number of carbonyl (C=O) groups is 2. The fourth-order valence-corrected chi connectivity index (χ4v) is 3.06. The first kappa shape index (κ1) is 18.1. The largest absolute Gasteiger partial charge is 0.444 e. The maximum absolute atomic E-state index is 12.6. The Hall–Kier alpha value is -2.67. The summed E-state index contributed by atoms with van der Waals surface area (Å²) in [6.45, 7) is 10.1. The van der Waals surface area contributed by atoms with Crippen LogP contribution in [-0.2, 0) is 4.74 Å². The summed E-state index contributed by atoms with van der Waals surface area (Å²) in [5.41, 5.74) is 7.73. The third kappa shape index (κ3) is 3.48. The first-order valence-electron chi connectivity index (χ1n) is 8.60. The number of nitrogens with two attached hydrogens (primary N) is 1. The molecule has 0 radical (unpaired) electrons. The quantitative estimate of drug-likeness (QED) is 0.650. The van der Waals surface area contributed by atoms with E-state index in [2.05, 4.69) is 16.5 Å². The van der Waals surface area contributed by atoms with Gasteiger partial charge in [-0.1, -0.05) is 6.58 Å². The Morgan fingerprint density at radius 2 is 2.15 bits per heavy atom. The smallest absolute Gasteiger partial charge is 0.411 e. The van der Waals surface area contributed by atoms with Crippen molar-refractivity contribution in [1.29, 1.82) is 0 Å². The summed E-state index contributed by atoms with van der Waals surface area (Å²) in [7, 11) is 0. The summed E-state index contributed by atoms with van der Waals surface area (Å²) in [6.07, 6.45) is 0.304. The number of nitrogens with one attached hydrogen (secondary N) is 1. The normalized spacial score (nSPS) is 17.8. The summed E-state index contributed by atoms with van der Waals surface area (Å²) < 4.78 is 5.51. The van der Waals surface area contributed by atoms with Crippen molar-refractivity contribution in [2.45, 2.75) is 38.8 Å². The van der Waals surface area contributed by atoms with Crippen LogP contribution in [0.25, 0.3) is 11.0 Å². The number of Topliss-reactive ketones (excluding diaryl/α,β-unsaturated/α-hetero) is 1. The second-order valence-electron chi connectivity index (χ2n) is 7.47. The lowest BCUT2D eigenvalue weighted by Gasteiger charge is -2.27. The van der Waals surface area contributed by atoms with Crippen molar-refractivity contribution in [2.75, 3.05) is 13.1 Å². The predicted molar refractivity (Wildman–Crippen MR) is 98.9 cm³/mol. The number of imidazole rings is 1. The molecule has 7 nitrogen and oxygen atoms in total. The highest BCUT2D eigenvalue weighted by Crippen LogP contribution is 2.36. The molecule has 1 aliphatic heterocycles. The van der Waals surface area contributed by atoms with Gasteiger partial charge in [0.05, 0.1) is 17.6 Å². The molecule has 0 aliphatic carbocycles. The number of likely N-dealkylation sites (tertiary alicyclic amines) is 1. The van der Waals surface area contributed by atoms with Crippen LogP contribution in [0.15, 0.2) is 30.4 Å². The fourth-order valence-electron chi connectivity index (χ4n) is 3.06.